The molecular formula is C11H16O. The number of carbonyl (C=O) groups is 1. The van der Waals surface area contributed by atoms with Crippen LogP contribution in [-0.2, 0) is 4.79 Å². The van der Waals surface area contributed by atoms with Crippen LogP contribution in [0.2, 0.25) is 0 Å². The van der Waals surface area contributed by atoms with Crippen molar-refractivity contribution in [2.24, 2.45) is 5.92 Å². The summed E-state index contributed by atoms with van der Waals surface area (Å²) in [7, 11) is 0. The van der Waals surface area contributed by atoms with Gasteiger partial charge in [-0.25, -0.2) is 0 Å². The Morgan fingerprint density at radius 1 is 1.08 bits per heavy atom. The zero-order valence-electron chi connectivity index (χ0n) is 7.51. The highest BCUT2D eigenvalue weighted by molar-refractivity contribution is 5.75. The molecule has 0 aromatic heterocycles. The number of hydrogen-bond donors (Lipinski definition) is 0. The second-order valence-electron chi connectivity index (χ2n) is 4.00. The molecule has 12 heavy (non-hydrogen) atoms. The van der Waals surface area contributed by atoms with E-state index in [1.54, 1.807) is 0 Å². The molecule has 1 unspecified atom stereocenters. The van der Waals surface area contributed by atoms with Gasteiger partial charge in [0.25, 0.3) is 0 Å². The number of allylic oxidation sites excluding steroid dienone is 2. The molecule has 1 heteroatoms. The van der Waals surface area contributed by atoms with Crippen LogP contribution in [0.15, 0.2) is 11.1 Å². The van der Waals surface area contributed by atoms with Crippen molar-refractivity contribution in [1.29, 1.82) is 0 Å². The first-order valence-electron chi connectivity index (χ1n) is 5.09. The van der Waals surface area contributed by atoms with Crippen LogP contribution in [0.1, 0.15) is 44.9 Å². The summed E-state index contributed by atoms with van der Waals surface area (Å²) in [5, 5.41) is 0. The summed E-state index contributed by atoms with van der Waals surface area (Å²) >= 11 is 0. The van der Waals surface area contributed by atoms with E-state index in [0.29, 0.717) is 0 Å². The molecule has 1 fully saturated rings. The summed E-state index contributed by atoms with van der Waals surface area (Å²) in [4.78, 5) is 10.7. The van der Waals surface area contributed by atoms with Gasteiger partial charge in [-0.2, -0.15) is 0 Å². The lowest BCUT2D eigenvalue weighted by molar-refractivity contribution is -0.105. The maximum Gasteiger partial charge on any atom is 0.145 e. The van der Waals surface area contributed by atoms with Gasteiger partial charge in [0, 0.05) is 0 Å². The molecule has 0 aliphatic heterocycles. The Morgan fingerprint density at radius 2 is 2.00 bits per heavy atom. The predicted octanol–water partition coefficient (Wildman–Crippen LogP) is 2.86. The van der Waals surface area contributed by atoms with Crippen LogP contribution < -0.4 is 0 Å². The van der Waals surface area contributed by atoms with E-state index in [1.165, 1.54) is 44.1 Å². The fourth-order valence-corrected chi connectivity index (χ4v) is 2.63. The minimum absolute atomic E-state index is 0.785. The summed E-state index contributed by atoms with van der Waals surface area (Å²) in [6.45, 7) is 0. The van der Waals surface area contributed by atoms with Gasteiger partial charge in [-0.3, -0.25) is 4.79 Å². The Morgan fingerprint density at radius 3 is 2.83 bits per heavy atom. The first kappa shape index (κ1) is 8.03. The highest BCUT2D eigenvalue weighted by Crippen LogP contribution is 2.39. The van der Waals surface area contributed by atoms with Crippen molar-refractivity contribution in [3.05, 3.63) is 11.1 Å². The normalized spacial score (nSPS) is 29.8. The minimum Gasteiger partial charge on any atom is -0.298 e. The SMILES string of the molecule is O=CC1=C2CCCCCC2CC1. The molecule has 0 heterocycles. The van der Waals surface area contributed by atoms with E-state index < -0.39 is 0 Å². The van der Waals surface area contributed by atoms with Crippen molar-refractivity contribution in [3.63, 3.8) is 0 Å². The van der Waals surface area contributed by atoms with E-state index in [2.05, 4.69) is 0 Å². The van der Waals surface area contributed by atoms with Gasteiger partial charge in [0.15, 0.2) is 0 Å². The molecule has 0 aromatic rings. The Kier molecular flexibility index (Phi) is 2.29. The van der Waals surface area contributed by atoms with Gasteiger partial charge in [-0.05, 0) is 43.6 Å². The van der Waals surface area contributed by atoms with E-state index in [4.69, 9.17) is 0 Å². The van der Waals surface area contributed by atoms with Crippen molar-refractivity contribution < 1.29 is 4.79 Å². The van der Waals surface area contributed by atoms with Crippen molar-refractivity contribution in [2.45, 2.75) is 44.9 Å². The summed E-state index contributed by atoms with van der Waals surface area (Å²) < 4.78 is 0. The largest absolute Gasteiger partial charge is 0.298 e. The molecule has 0 amide bonds. The number of rotatable bonds is 1. The summed E-state index contributed by atoms with van der Waals surface area (Å²) in [6, 6.07) is 0. The second kappa shape index (κ2) is 3.42. The average Bonchev–Trinajstić information content (AvgIpc) is 2.33. The highest BCUT2D eigenvalue weighted by Gasteiger charge is 2.25. The maximum atomic E-state index is 10.7. The van der Waals surface area contributed by atoms with Gasteiger partial charge in [0.1, 0.15) is 6.29 Å². The highest BCUT2D eigenvalue weighted by atomic mass is 16.1. The molecule has 66 valence electrons. The number of hydrogen-bond acceptors (Lipinski definition) is 1. The van der Waals surface area contributed by atoms with E-state index >= 15 is 0 Å². The maximum absolute atomic E-state index is 10.7. The molecule has 1 nitrogen and oxygen atoms in total. The monoisotopic (exact) mass is 164 g/mol. The molecular weight excluding hydrogens is 148 g/mol. The van der Waals surface area contributed by atoms with Crippen LogP contribution >= 0.6 is 0 Å². The van der Waals surface area contributed by atoms with E-state index in [0.717, 1.165) is 24.2 Å². The third-order valence-electron chi connectivity index (χ3n) is 3.31. The molecule has 1 saturated carbocycles. The third-order valence-corrected chi connectivity index (χ3v) is 3.31. The van der Waals surface area contributed by atoms with Crippen LogP contribution in [0.3, 0.4) is 0 Å². The lowest BCUT2D eigenvalue weighted by Crippen LogP contribution is -1.96. The lowest BCUT2D eigenvalue weighted by Gasteiger charge is -2.09. The smallest absolute Gasteiger partial charge is 0.145 e. The fourth-order valence-electron chi connectivity index (χ4n) is 2.63. The molecule has 2 aliphatic rings. The summed E-state index contributed by atoms with van der Waals surface area (Å²) in [6.07, 6.45) is 10.0. The topological polar surface area (TPSA) is 17.1 Å². The van der Waals surface area contributed by atoms with Gasteiger partial charge in [-0.1, -0.05) is 18.4 Å². The molecule has 2 rings (SSSR count). The predicted molar refractivity (Wildman–Crippen MR) is 48.9 cm³/mol. The molecule has 0 radical (unpaired) electrons. The van der Waals surface area contributed by atoms with Crippen molar-refractivity contribution in [3.8, 4) is 0 Å². The van der Waals surface area contributed by atoms with E-state index in [-0.39, 0.29) is 0 Å². The fraction of sp³-hybridized carbons (Fsp3) is 0.727. The van der Waals surface area contributed by atoms with Crippen LogP contribution in [0.5, 0.6) is 0 Å². The molecule has 0 N–H and O–H groups in total. The summed E-state index contributed by atoms with van der Waals surface area (Å²) in [5.74, 6) is 0.785. The molecule has 0 spiro atoms. The zero-order chi connectivity index (χ0) is 8.39. The Labute approximate surface area is 73.8 Å². The quantitative estimate of drug-likeness (QED) is 0.545. The Balaban J connectivity index is 2.20. The first-order valence-corrected chi connectivity index (χ1v) is 5.09. The molecule has 1 atom stereocenters. The Bertz CT molecular complexity index is 215. The first-order chi connectivity index (χ1) is 5.92. The van der Waals surface area contributed by atoms with Crippen LogP contribution in [0, 0.1) is 5.92 Å². The van der Waals surface area contributed by atoms with Crippen molar-refractivity contribution >= 4 is 6.29 Å². The van der Waals surface area contributed by atoms with Crippen molar-refractivity contribution in [2.75, 3.05) is 0 Å². The van der Waals surface area contributed by atoms with Gasteiger partial charge >= 0.3 is 0 Å². The minimum atomic E-state index is 0.785. The van der Waals surface area contributed by atoms with Crippen LogP contribution in [0.25, 0.3) is 0 Å². The lowest BCUT2D eigenvalue weighted by atomic mass is 9.96. The number of carbonyl (C=O) groups excluding carboxylic acids is 1. The van der Waals surface area contributed by atoms with Gasteiger partial charge in [-0.15, -0.1) is 0 Å². The van der Waals surface area contributed by atoms with Gasteiger partial charge in [0.05, 0.1) is 0 Å². The second-order valence-corrected chi connectivity index (χ2v) is 4.00. The Hall–Kier alpha value is -0.590. The molecule has 2 aliphatic carbocycles. The van der Waals surface area contributed by atoms with Crippen LogP contribution in [0.4, 0.5) is 0 Å². The van der Waals surface area contributed by atoms with E-state index in [9.17, 15) is 4.79 Å². The molecule has 0 bridgehead atoms. The van der Waals surface area contributed by atoms with Gasteiger partial charge < -0.3 is 0 Å². The average molecular weight is 164 g/mol. The van der Waals surface area contributed by atoms with Gasteiger partial charge in [0.2, 0.25) is 0 Å². The van der Waals surface area contributed by atoms with Crippen LogP contribution in [-0.4, -0.2) is 6.29 Å². The van der Waals surface area contributed by atoms with E-state index in [1.807, 2.05) is 0 Å². The summed E-state index contributed by atoms with van der Waals surface area (Å²) in [5.41, 5.74) is 2.66. The standard InChI is InChI=1S/C11H16O/c12-8-10-7-6-9-4-2-1-3-5-11(9)10/h8-9H,1-7H2. The number of fused-ring (bicyclic) bond motifs is 1. The molecule has 0 saturated heterocycles. The third kappa shape index (κ3) is 1.33. The van der Waals surface area contributed by atoms with Crippen molar-refractivity contribution in [1.82, 2.24) is 0 Å². The zero-order valence-corrected chi connectivity index (χ0v) is 7.51. The number of aldehydes is 1. The molecule has 0 aromatic carbocycles.